The molecule has 0 amide bonds. The smallest absolute Gasteiger partial charge is 0.262 e. The van der Waals surface area contributed by atoms with Gasteiger partial charge in [-0.2, -0.15) is 4.98 Å². The first-order valence-corrected chi connectivity index (χ1v) is 5.50. The lowest BCUT2D eigenvalue weighted by Gasteiger charge is -1.99. The molecule has 2 N–H and O–H groups in total. The monoisotopic (exact) mass is 255 g/mol. The van der Waals surface area contributed by atoms with Crippen LogP contribution in [0.4, 0.5) is 0 Å². The first-order chi connectivity index (χ1) is 9.24. The predicted molar refractivity (Wildman–Crippen MR) is 66.3 cm³/mol. The highest BCUT2D eigenvalue weighted by Crippen LogP contribution is 2.31. The van der Waals surface area contributed by atoms with Crippen molar-refractivity contribution in [2.45, 2.75) is 0 Å². The highest BCUT2D eigenvalue weighted by Gasteiger charge is 2.14. The van der Waals surface area contributed by atoms with Crippen molar-refractivity contribution in [3.8, 4) is 34.3 Å². The van der Waals surface area contributed by atoms with Crippen molar-refractivity contribution in [1.29, 1.82) is 0 Å². The lowest BCUT2D eigenvalue weighted by atomic mass is 10.2. The Bertz CT molecular complexity index is 710. The zero-order valence-electron chi connectivity index (χ0n) is 9.69. The number of hydrogen-bond acceptors (Lipinski definition) is 6. The molecule has 1 aromatic carbocycles. The average molecular weight is 255 g/mol. The second-order valence-corrected chi connectivity index (χ2v) is 3.87. The molecule has 0 saturated carbocycles. The lowest BCUT2D eigenvalue weighted by molar-refractivity contribution is 0.423. The third-order valence-electron chi connectivity index (χ3n) is 2.56. The highest BCUT2D eigenvalue weighted by atomic mass is 16.5. The number of phenolic OH excluding ortho intramolecular Hbond substituents is 2. The summed E-state index contributed by atoms with van der Waals surface area (Å²) in [6.45, 7) is 0. The maximum Gasteiger partial charge on any atom is 0.262 e. The van der Waals surface area contributed by atoms with E-state index in [9.17, 15) is 10.2 Å². The number of aromatic nitrogens is 3. The molecule has 0 saturated heterocycles. The SMILES string of the molecule is Oc1ccc(-c2nc(-c3cccnc3)no2)c(O)c1. The van der Waals surface area contributed by atoms with Gasteiger partial charge in [0.05, 0.1) is 5.56 Å². The van der Waals surface area contributed by atoms with Gasteiger partial charge >= 0.3 is 0 Å². The van der Waals surface area contributed by atoms with Crippen LogP contribution in [0.15, 0.2) is 47.2 Å². The van der Waals surface area contributed by atoms with Gasteiger partial charge in [-0.25, -0.2) is 0 Å². The molecule has 2 aromatic heterocycles. The minimum atomic E-state index is -0.124. The topological polar surface area (TPSA) is 92.3 Å². The van der Waals surface area contributed by atoms with Crippen molar-refractivity contribution in [3.63, 3.8) is 0 Å². The third kappa shape index (κ3) is 2.11. The van der Waals surface area contributed by atoms with Crippen LogP contribution >= 0.6 is 0 Å². The number of pyridine rings is 1. The van der Waals surface area contributed by atoms with E-state index in [0.717, 1.165) is 5.56 Å². The fourth-order valence-corrected chi connectivity index (χ4v) is 1.65. The second kappa shape index (κ2) is 4.41. The van der Waals surface area contributed by atoms with Crippen LogP contribution in [0.5, 0.6) is 11.5 Å². The van der Waals surface area contributed by atoms with Crippen molar-refractivity contribution in [2.75, 3.05) is 0 Å². The molecule has 2 heterocycles. The molecule has 0 unspecified atom stereocenters. The standard InChI is InChI=1S/C13H9N3O3/c17-9-3-4-10(11(18)6-9)13-15-12(16-19-13)8-2-1-5-14-7-8/h1-7,17-18H. The van der Waals surface area contributed by atoms with E-state index in [1.165, 1.54) is 18.2 Å². The van der Waals surface area contributed by atoms with Crippen molar-refractivity contribution in [2.24, 2.45) is 0 Å². The number of phenols is 2. The quantitative estimate of drug-likeness (QED) is 0.729. The van der Waals surface area contributed by atoms with E-state index in [-0.39, 0.29) is 17.4 Å². The Morgan fingerprint density at radius 1 is 1.11 bits per heavy atom. The molecule has 0 spiro atoms. The van der Waals surface area contributed by atoms with Gasteiger partial charge in [0, 0.05) is 24.0 Å². The molecule has 0 aliphatic rings. The Kier molecular flexibility index (Phi) is 2.60. The van der Waals surface area contributed by atoms with E-state index in [4.69, 9.17) is 4.52 Å². The predicted octanol–water partition coefficient (Wildman–Crippen LogP) is 2.21. The molecule has 6 nitrogen and oxygen atoms in total. The zero-order chi connectivity index (χ0) is 13.2. The molecule has 0 atom stereocenters. The van der Waals surface area contributed by atoms with Crippen LogP contribution in [0, 0.1) is 0 Å². The number of benzene rings is 1. The van der Waals surface area contributed by atoms with Gasteiger partial charge in [0.2, 0.25) is 5.82 Å². The summed E-state index contributed by atoms with van der Waals surface area (Å²) in [6.07, 6.45) is 3.27. The van der Waals surface area contributed by atoms with Gasteiger partial charge in [-0.3, -0.25) is 4.98 Å². The Morgan fingerprint density at radius 2 is 2.00 bits per heavy atom. The molecule has 3 rings (SSSR count). The van der Waals surface area contributed by atoms with Gasteiger partial charge in [-0.15, -0.1) is 0 Å². The fourth-order valence-electron chi connectivity index (χ4n) is 1.65. The first-order valence-electron chi connectivity index (χ1n) is 5.50. The van der Waals surface area contributed by atoms with Crippen molar-refractivity contribution >= 4 is 0 Å². The lowest BCUT2D eigenvalue weighted by Crippen LogP contribution is -1.82. The van der Waals surface area contributed by atoms with E-state index >= 15 is 0 Å². The van der Waals surface area contributed by atoms with Crippen molar-refractivity contribution in [1.82, 2.24) is 15.1 Å². The van der Waals surface area contributed by atoms with Gasteiger partial charge in [-0.05, 0) is 24.3 Å². The van der Waals surface area contributed by atoms with Crippen LogP contribution in [-0.2, 0) is 0 Å². The van der Waals surface area contributed by atoms with Gasteiger partial charge in [-0.1, -0.05) is 5.16 Å². The molecule has 3 aromatic rings. The van der Waals surface area contributed by atoms with Gasteiger partial charge < -0.3 is 14.7 Å². The number of aromatic hydroxyl groups is 2. The summed E-state index contributed by atoms with van der Waals surface area (Å²) >= 11 is 0. The molecule has 0 radical (unpaired) electrons. The van der Waals surface area contributed by atoms with Crippen LogP contribution in [0.1, 0.15) is 0 Å². The van der Waals surface area contributed by atoms with E-state index in [1.807, 2.05) is 0 Å². The average Bonchev–Trinajstić information content (AvgIpc) is 2.89. The van der Waals surface area contributed by atoms with E-state index < -0.39 is 0 Å². The third-order valence-corrected chi connectivity index (χ3v) is 2.56. The minimum absolute atomic E-state index is 0.0340. The summed E-state index contributed by atoms with van der Waals surface area (Å²) in [4.78, 5) is 8.15. The van der Waals surface area contributed by atoms with Gasteiger partial charge in [0.25, 0.3) is 5.89 Å². The highest BCUT2D eigenvalue weighted by molar-refractivity contribution is 5.65. The maximum absolute atomic E-state index is 9.72. The molecule has 94 valence electrons. The normalized spacial score (nSPS) is 10.5. The van der Waals surface area contributed by atoms with Crippen LogP contribution in [-0.4, -0.2) is 25.3 Å². The van der Waals surface area contributed by atoms with Gasteiger partial charge in [0.15, 0.2) is 0 Å². The molecule has 19 heavy (non-hydrogen) atoms. The molecule has 0 aliphatic carbocycles. The van der Waals surface area contributed by atoms with Crippen LogP contribution in [0.25, 0.3) is 22.8 Å². The number of hydrogen-bond donors (Lipinski definition) is 2. The summed E-state index contributed by atoms with van der Waals surface area (Å²) in [5.74, 6) is 0.404. The molecular weight excluding hydrogens is 246 g/mol. The Hall–Kier alpha value is -2.89. The summed E-state index contributed by atoms with van der Waals surface area (Å²) in [5, 5.41) is 22.8. The van der Waals surface area contributed by atoms with E-state index in [0.29, 0.717) is 11.4 Å². The first kappa shape index (κ1) is 11.2. The van der Waals surface area contributed by atoms with Crippen molar-refractivity contribution in [3.05, 3.63) is 42.7 Å². The molecule has 0 aliphatic heterocycles. The molecule has 6 heteroatoms. The summed E-state index contributed by atoms with van der Waals surface area (Å²) < 4.78 is 5.10. The largest absolute Gasteiger partial charge is 0.508 e. The fraction of sp³-hybridized carbons (Fsp3) is 0. The van der Waals surface area contributed by atoms with Crippen LogP contribution < -0.4 is 0 Å². The minimum Gasteiger partial charge on any atom is -0.508 e. The molecule has 0 bridgehead atoms. The van der Waals surface area contributed by atoms with Crippen LogP contribution in [0.2, 0.25) is 0 Å². The molecular formula is C13H9N3O3. The Labute approximate surface area is 108 Å². The van der Waals surface area contributed by atoms with E-state index in [1.54, 1.807) is 24.5 Å². The number of rotatable bonds is 2. The van der Waals surface area contributed by atoms with Gasteiger partial charge in [0.1, 0.15) is 11.5 Å². The molecule has 0 fully saturated rings. The Balaban J connectivity index is 2.02. The zero-order valence-corrected chi connectivity index (χ0v) is 9.69. The summed E-state index contributed by atoms with van der Waals surface area (Å²) in [6, 6.07) is 7.72. The van der Waals surface area contributed by atoms with Crippen molar-refractivity contribution < 1.29 is 14.7 Å². The Morgan fingerprint density at radius 3 is 2.74 bits per heavy atom. The van der Waals surface area contributed by atoms with E-state index in [2.05, 4.69) is 15.1 Å². The number of nitrogens with zero attached hydrogens (tertiary/aromatic N) is 3. The second-order valence-electron chi connectivity index (χ2n) is 3.87. The summed E-state index contributed by atoms with van der Waals surface area (Å²) in [7, 11) is 0. The maximum atomic E-state index is 9.72. The van der Waals surface area contributed by atoms with Crippen LogP contribution in [0.3, 0.4) is 0 Å². The summed E-state index contributed by atoms with van der Waals surface area (Å²) in [5.41, 5.74) is 1.08.